The van der Waals surface area contributed by atoms with Gasteiger partial charge in [-0.3, -0.25) is 0 Å². The van der Waals surface area contributed by atoms with Crippen LogP contribution in [0.15, 0.2) is 40.9 Å². The van der Waals surface area contributed by atoms with Gasteiger partial charge >= 0.3 is 0 Å². The number of aliphatic hydroxyl groups is 1. The van der Waals surface area contributed by atoms with Crippen LogP contribution in [0.3, 0.4) is 0 Å². The minimum atomic E-state index is -0.395. The summed E-state index contributed by atoms with van der Waals surface area (Å²) >= 11 is 0. The second kappa shape index (κ2) is 8.61. The summed E-state index contributed by atoms with van der Waals surface area (Å²) in [5.74, 6) is 1.37. The minimum absolute atomic E-state index is 0.0722. The molecule has 1 aliphatic heterocycles. The number of nitrogens with zero attached hydrogens (tertiary/aromatic N) is 1. The first-order chi connectivity index (χ1) is 12.1. The van der Waals surface area contributed by atoms with E-state index in [4.69, 9.17) is 9.26 Å². The molecule has 5 heteroatoms. The topological polar surface area (TPSA) is 67.5 Å². The van der Waals surface area contributed by atoms with Crippen molar-refractivity contribution in [1.29, 1.82) is 0 Å². The molecule has 2 aromatic rings. The van der Waals surface area contributed by atoms with E-state index in [1.165, 1.54) is 0 Å². The summed E-state index contributed by atoms with van der Waals surface area (Å²) in [5.41, 5.74) is 1.92. The van der Waals surface area contributed by atoms with Crippen molar-refractivity contribution in [2.24, 2.45) is 5.92 Å². The first-order valence-corrected chi connectivity index (χ1v) is 9.17. The third-order valence-corrected chi connectivity index (χ3v) is 4.53. The Morgan fingerprint density at radius 2 is 2.04 bits per heavy atom. The van der Waals surface area contributed by atoms with Gasteiger partial charge in [-0.1, -0.05) is 49.3 Å². The Kier molecular flexibility index (Phi) is 6.24. The van der Waals surface area contributed by atoms with Crippen molar-refractivity contribution >= 4 is 0 Å². The van der Waals surface area contributed by atoms with Crippen LogP contribution in [0.1, 0.15) is 32.4 Å². The van der Waals surface area contributed by atoms with Gasteiger partial charge in [-0.05, 0) is 25.3 Å². The van der Waals surface area contributed by atoms with Crippen LogP contribution >= 0.6 is 0 Å². The highest BCUT2D eigenvalue weighted by Gasteiger charge is 2.30. The second-order valence-corrected chi connectivity index (χ2v) is 7.25. The van der Waals surface area contributed by atoms with Gasteiger partial charge in [0.15, 0.2) is 5.76 Å². The van der Waals surface area contributed by atoms with Crippen molar-refractivity contribution in [2.75, 3.05) is 13.1 Å². The second-order valence-electron chi connectivity index (χ2n) is 7.25. The lowest BCUT2D eigenvalue weighted by Gasteiger charge is -2.34. The van der Waals surface area contributed by atoms with Gasteiger partial charge in [0.2, 0.25) is 0 Å². The van der Waals surface area contributed by atoms with E-state index in [-0.39, 0.29) is 12.2 Å². The maximum atomic E-state index is 10.2. The first-order valence-electron chi connectivity index (χ1n) is 9.17. The van der Waals surface area contributed by atoms with Gasteiger partial charge in [-0.25, -0.2) is 0 Å². The zero-order chi connectivity index (χ0) is 17.6. The zero-order valence-electron chi connectivity index (χ0n) is 15.0. The van der Waals surface area contributed by atoms with E-state index in [1.807, 2.05) is 36.4 Å². The lowest BCUT2D eigenvalue weighted by atomic mass is 9.98. The van der Waals surface area contributed by atoms with Gasteiger partial charge in [0, 0.05) is 24.6 Å². The van der Waals surface area contributed by atoms with Crippen LogP contribution in [0.5, 0.6) is 0 Å². The maximum absolute atomic E-state index is 10.2. The smallest absolute Gasteiger partial charge is 0.167 e. The molecule has 0 amide bonds. The molecule has 3 atom stereocenters. The predicted octanol–water partition coefficient (Wildman–Crippen LogP) is 3.04. The number of hydrogen-bond acceptors (Lipinski definition) is 5. The fourth-order valence-electron chi connectivity index (χ4n) is 3.18. The molecule has 0 spiro atoms. The average Bonchev–Trinajstić information content (AvgIpc) is 3.07. The van der Waals surface area contributed by atoms with Gasteiger partial charge in [0.05, 0.1) is 24.0 Å². The molecule has 1 aromatic carbocycles. The third-order valence-electron chi connectivity index (χ3n) is 4.53. The Labute approximate surface area is 149 Å². The molecule has 0 unspecified atom stereocenters. The van der Waals surface area contributed by atoms with Gasteiger partial charge < -0.3 is 19.7 Å². The van der Waals surface area contributed by atoms with E-state index >= 15 is 0 Å². The van der Waals surface area contributed by atoms with Crippen LogP contribution in [0.2, 0.25) is 0 Å². The number of benzene rings is 1. The molecule has 1 fully saturated rings. The lowest BCUT2D eigenvalue weighted by Crippen LogP contribution is -2.46. The average molecular weight is 344 g/mol. The molecule has 0 bridgehead atoms. The third kappa shape index (κ3) is 5.14. The number of aliphatic hydroxyl groups excluding tert-OH is 1. The van der Waals surface area contributed by atoms with Gasteiger partial charge in [0.25, 0.3) is 0 Å². The lowest BCUT2D eigenvalue weighted by molar-refractivity contribution is -0.115. The Hall–Kier alpha value is -1.69. The van der Waals surface area contributed by atoms with Crippen molar-refractivity contribution in [3.8, 4) is 11.3 Å². The van der Waals surface area contributed by atoms with Crippen LogP contribution < -0.4 is 5.32 Å². The summed E-state index contributed by atoms with van der Waals surface area (Å²) < 4.78 is 11.6. The fourth-order valence-corrected chi connectivity index (χ4v) is 3.18. The molecule has 1 aliphatic rings. The molecule has 1 saturated heterocycles. The van der Waals surface area contributed by atoms with Crippen molar-refractivity contribution < 1.29 is 14.4 Å². The number of ether oxygens (including phenoxy) is 1. The molecular weight excluding hydrogens is 316 g/mol. The number of hydrogen-bond donors (Lipinski definition) is 2. The maximum Gasteiger partial charge on any atom is 0.167 e. The van der Waals surface area contributed by atoms with E-state index in [2.05, 4.69) is 24.3 Å². The highest BCUT2D eigenvalue weighted by atomic mass is 16.5. The molecular formula is C20H28N2O3. The highest BCUT2D eigenvalue weighted by molar-refractivity contribution is 5.56. The van der Waals surface area contributed by atoms with Gasteiger partial charge in [-0.2, -0.15) is 0 Å². The van der Waals surface area contributed by atoms with Crippen molar-refractivity contribution in [2.45, 2.75) is 51.4 Å². The van der Waals surface area contributed by atoms with Gasteiger partial charge in [0.1, 0.15) is 0 Å². The van der Waals surface area contributed by atoms with E-state index in [0.717, 1.165) is 36.4 Å². The Bertz CT molecular complexity index is 641. The highest BCUT2D eigenvalue weighted by Crippen LogP contribution is 2.25. The van der Waals surface area contributed by atoms with Crippen molar-refractivity contribution in [1.82, 2.24) is 10.5 Å². The van der Waals surface area contributed by atoms with E-state index in [9.17, 15) is 5.11 Å². The van der Waals surface area contributed by atoms with E-state index < -0.39 is 6.10 Å². The van der Waals surface area contributed by atoms with Gasteiger partial charge in [-0.15, -0.1) is 0 Å². The number of aromatic nitrogens is 1. The molecule has 2 heterocycles. The molecule has 0 saturated carbocycles. The monoisotopic (exact) mass is 344 g/mol. The first kappa shape index (κ1) is 18.1. The molecule has 3 rings (SSSR count). The Morgan fingerprint density at radius 1 is 1.24 bits per heavy atom. The normalized spacial score (nSPS) is 23.9. The van der Waals surface area contributed by atoms with Crippen LogP contribution in [0.4, 0.5) is 0 Å². The zero-order valence-corrected chi connectivity index (χ0v) is 15.0. The molecule has 0 radical (unpaired) electrons. The predicted molar refractivity (Wildman–Crippen MR) is 97.3 cm³/mol. The molecule has 136 valence electrons. The molecule has 5 nitrogen and oxygen atoms in total. The quantitative estimate of drug-likeness (QED) is 0.808. The Balaban J connectivity index is 1.55. The molecule has 25 heavy (non-hydrogen) atoms. The van der Waals surface area contributed by atoms with E-state index in [1.54, 1.807) is 0 Å². The van der Waals surface area contributed by atoms with Crippen LogP contribution in [-0.2, 0) is 11.2 Å². The summed E-state index contributed by atoms with van der Waals surface area (Å²) in [6.45, 7) is 5.95. The SMILES string of the molecule is CC(C)CNC[C@H]1O[C@H](Cc2cc(-c3ccccc3)on2)CC[C@@H]1O. The van der Waals surface area contributed by atoms with Crippen molar-refractivity contribution in [3.63, 3.8) is 0 Å². The number of nitrogens with one attached hydrogen (secondary N) is 1. The molecule has 0 aliphatic carbocycles. The van der Waals surface area contributed by atoms with Crippen molar-refractivity contribution in [3.05, 3.63) is 42.1 Å². The standard InChI is InChI=1S/C20H28N2O3/c1-14(2)12-21-13-20-18(23)9-8-17(24-20)10-16-11-19(25-22-16)15-6-4-3-5-7-15/h3-7,11,14,17-18,20-21,23H,8-10,12-13H2,1-2H3/t17-,18-,20+/m0/s1. The van der Waals surface area contributed by atoms with Crippen LogP contribution in [-0.4, -0.2) is 41.7 Å². The number of rotatable bonds is 7. The summed E-state index contributed by atoms with van der Waals surface area (Å²) in [6, 6.07) is 11.9. The summed E-state index contributed by atoms with van der Waals surface area (Å²) in [6.07, 6.45) is 1.84. The summed E-state index contributed by atoms with van der Waals surface area (Å²) in [7, 11) is 0. The summed E-state index contributed by atoms with van der Waals surface area (Å²) in [4.78, 5) is 0. The van der Waals surface area contributed by atoms with E-state index in [0.29, 0.717) is 18.9 Å². The Morgan fingerprint density at radius 3 is 2.80 bits per heavy atom. The van der Waals surface area contributed by atoms with Crippen LogP contribution in [0, 0.1) is 5.92 Å². The minimum Gasteiger partial charge on any atom is -0.390 e. The molecule has 1 aromatic heterocycles. The largest absolute Gasteiger partial charge is 0.390 e. The fraction of sp³-hybridized carbons (Fsp3) is 0.550. The summed E-state index contributed by atoms with van der Waals surface area (Å²) in [5, 5.41) is 17.7. The molecule has 2 N–H and O–H groups in total. The van der Waals surface area contributed by atoms with Crippen LogP contribution in [0.25, 0.3) is 11.3 Å².